The number of hydrogen-bond donors (Lipinski definition) is 1. The maximum atomic E-state index is 8.78. The molecule has 0 saturated carbocycles. The van der Waals surface area contributed by atoms with Crippen LogP contribution < -0.4 is 5.32 Å². The van der Waals surface area contributed by atoms with E-state index in [-0.39, 0.29) is 0 Å². The Morgan fingerprint density at radius 1 is 1.52 bits per heavy atom. The summed E-state index contributed by atoms with van der Waals surface area (Å²) in [5.74, 6) is 0. The molecule has 2 aromatic rings. The summed E-state index contributed by atoms with van der Waals surface area (Å²) in [5.41, 5.74) is 0.959. The van der Waals surface area contributed by atoms with Gasteiger partial charge in [-0.25, -0.2) is 4.68 Å². The molecule has 23 heavy (non-hydrogen) atoms. The predicted octanol–water partition coefficient (Wildman–Crippen LogP) is 4.76. The zero-order chi connectivity index (χ0) is 16.8. The first-order chi connectivity index (χ1) is 11.0. The summed E-state index contributed by atoms with van der Waals surface area (Å²) < 4.78 is 3.52. The van der Waals surface area contributed by atoms with Crippen LogP contribution in [-0.2, 0) is 6.67 Å². The van der Waals surface area contributed by atoms with Gasteiger partial charge in [0.05, 0.1) is 12.7 Å². The van der Waals surface area contributed by atoms with Gasteiger partial charge in [-0.05, 0) is 44.3 Å². The molecule has 0 radical (unpaired) electrons. The fourth-order valence-electron chi connectivity index (χ4n) is 1.99. The van der Waals surface area contributed by atoms with Crippen molar-refractivity contribution in [1.29, 1.82) is 5.26 Å². The number of nitrogens with one attached hydrogen (secondary N) is 1. The van der Waals surface area contributed by atoms with Gasteiger partial charge in [0.25, 0.3) is 0 Å². The fraction of sp³-hybridized carbons (Fsp3) is 0.400. The number of hydrogen-bond acceptors (Lipinski definition) is 6. The van der Waals surface area contributed by atoms with Gasteiger partial charge in [-0.15, -0.1) is 5.10 Å². The van der Waals surface area contributed by atoms with Gasteiger partial charge in [-0.1, -0.05) is 33.3 Å². The minimum absolute atomic E-state index is 0.327. The molecule has 1 N–H and O–H groups in total. The van der Waals surface area contributed by atoms with Crippen molar-refractivity contribution in [3.63, 3.8) is 0 Å². The minimum Gasteiger partial charge on any atom is -0.330 e. The second-order valence-corrected chi connectivity index (χ2v) is 7.80. The molecule has 0 amide bonds. The van der Waals surface area contributed by atoms with Crippen molar-refractivity contribution in [3.8, 4) is 6.07 Å². The van der Waals surface area contributed by atoms with Gasteiger partial charge < -0.3 is 5.32 Å². The Balaban J connectivity index is 2.11. The van der Waals surface area contributed by atoms with Crippen molar-refractivity contribution in [2.24, 2.45) is 0 Å². The van der Waals surface area contributed by atoms with Gasteiger partial charge in [0, 0.05) is 29.2 Å². The van der Waals surface area contributed by atoms with E-state index in [0.717, 1.165) is 15.3 Å². The molecule has 0 bridgehead atoms. The first-order valence-electron chi connectivity index (χ1n) is 7.21. The molecule has 0 atom stereocenters. The van der Waals surface area contributed by atoms with E-state index in [1.807, 2.05) is 24.3 Å². The summed E-state index contributed by atoms with van der Waals surface area (Å²) in [4.78, 5) is 2.18. The number of benzene rings is 1. The molecule has 0 saturated heterocycles. The van der Waals surface area contributed by atoms with E-state index < -0.39 is 0 Å². The summed E-state index contributed by atoms with van der Waals surface area (Å²) in [5, 5.41) is 17.4. The van der Waals surface area contributed by atoms with Crippen LogP contribution in [0, 0.1) is 15.3 Å². The summed E-state index contributed by atoms with van der Waals surface area (Å²) in [6.07, 6.45) is 0.499. The monoisotopic (exact) mass is 411 g/mol. The van der Waals surface area contributed by atoms with E-state index in [0.29, 0.717) is 29.6 Å². The van der Waals surface area contributed by atoms with Crippen molar-refractivity contribution >= 4 is 50.3 Å². The van der Waals surface area contributed by atoms with E-state index in [9.17, 15) is 0 Å². The van der Waals surface area contributed by atoms with Crippen LogP contribution in [0.1, 0.15) is 20.3 Å². The normalized spacial score (nSPS) is 11.0. The van der Waals surface area contributed by atoms with Crippen LogP contribution in [0.2, 0.25) is 0 Å². The van der Waals surface area contributed by atoms with E-state index in [1.165, 1.54) is 11.3 Å². The van der Waals surface area contributed by atoms with Gasteiger partial charge in [-0.2, -0.15) is 5.26 Å². The number of rotatable bonds is 7. The van der Waals surface area contributed by atoms with Gasteiger partial charge >= 0.3 is 0 Å². The zero-order valence-electron chi connectivity index (χ0n) is 13.0. The Labute approximate surface area is 153 Å². The number of halogens is 1. The Hall–Kier alpha value is -1.27. The molecule has 0 aliphatic rings. The summed E-state index contributed by atoms with van der Waals surface area (Å²) in [7, 11) is 0. The predicted molar refractivity (Wildman–Crippen MR) is 100 cm³/mol. The Kier molecular flexibility index (Phi) is 6.72. The van der Waals surface area contributed by atoms with Gasteiger partial charge in [0.1, 0.15) is 0 Å². The molecule has 5 nitrogen and oxygen atoms in total. The highest BCUT2D eigenvalue weighted by Gasteiger charge is 2.12. The fourth-order valence-corrected chi connectivity index (χ4v) is 3.41. The molecule has 8 heteroatoms. The lowest BCUT2D eigenvalue weighted by molar-refractivity contribution is 0.167. The molecule has 0 fully saturated rings. The number of anilines is 2. The van der Waals surface area contributed by atoms with Crippen LogP contribution in [0.4, 0.5) is 10.8 Å². The topological polar surface area (TPSA) is 56.9 Å². The Bertz CT molecular complexity index is 747. The van der Waals surface area contributed by atoms with E-state index in [4.69, 9.17) is 17.5 Å². The third kappa shape index (κ3) is 5.39. The van der Waals surface area contributed by atoms with E-state index >= 15 is 0 Å². The van der Waals surface area contributed by atoms with Crippen molar-refractivity contribution < 1.29 is 0 Å². The van der Waals surface area contributed by atoms with Crippen LogP contribution in [-0.4, -0.2) is 27.3 Å². The van der Waals surface area contributed by atoms with Crippen LogP contribution >= 0.6 is 39.5 Å². The lowest BCUT2D eigenvalue weighted by Gasteiger charge is -2.24. The van der Waals surface area contributed by atoms with Crippen LogP contribution in [0.15, 0.2) is 28.7 Å². The molecule has 0 aliphatic carbocycles. The Morgan fingerprint density at radius 3 is 2.96 bits per heavy atom. The lowest BCUT2D eigenvalue weighted by atomic mass is 10.3. The maximum absolute atomic E-state index is 8.78. The van der Waals surface area contributed by atoms with Gasteiger partial charge in [-0.3, -0.25) is 4.90 Å². The van der Waals surface area contributed by atoms with Gasteiger partial charge in [0.15, 0.2) is 3.95 Å². The molecule has 1 aromatic carbocycles. The second-order valence-electron chi connectivity index (χ2n) is 5.26. The average molecular weight is 412 g/mol. The molecule has 1 heterocycles. The number of nitrogens with zero attached hydrogens (tertiary/aromatic N) is 4. The molecule has 2 rings (SSSR count). The molecular weight excluding hydrogens is 394 g/mol. The van der Waals surface area contributed by atoms with Gasteiger partial charge in [0.2, 0.25) is 5.13 Å². The smallest absolute Gasteiger partial charge is 0.209 e. The van der Waals surface area contributed by atoms with E-state index in [2.05, 4.69) is 51.2 Å². The minimum atomic E-state index is 0.327. The first-order valence-corrected chi connectivity index (χ1v) is 9.23. The summed E-state index contributed by atoms with van der Waals surface area (Å²) >= 11 is 10.3. The third-order valence-electron chi connectivity index (χ3n) is 3.24. The highest BCUT2D eigenvalue weighted by molar-refractivity contribution is 9.10. The van der Waals surface area contributed by atoms with Crippen molar-refractivity contribution in [2.75, 3.05) is 11.9 Å². The van der Waals surface area contributed by atoms with Crippen molar-refractivity contribution in [3.05, 3.63) is 32.7 Å². The lowest BCUT2D eigenvalue weighted by Crippen LogP contribution is -2.34. The number of nitriles is 1. The average Bonchev–Trinajstić information content (AvgIpc) is 2.82. The van der Waals surface area contributed by atoms with Crippen molar-refractivity contribution in [1.82, 2.24) is 14.7 Å². The molecular formula is C15H18BrN5S2. The second kappa shape index (κ2) is 8.55. The highest BCUT2D eigenvalue weighted by Crippen LogP contribution is 2.23. The Morgan fingerprint density at radius 2 is 2.30 bits per heavy atom. The maximum Gasteiger partial charge on any atom is 0.209 e. The SMILES string of the molecule is CC(C)N(CCC#N)Cn1nc(Nc2cccc(Br)c2)sc1=S. The largest absolute Gasteiger partial charge is 0.330 e. The van der Waals surface area contributed by atoms with Crippen LogP contribution in [0.25, 0.3) is 0 Å². The molecule has 0 aliphatic heterocycles. The molecule has 1 aromatic heterocycles. The van der Waals surface area contributed by atoms with E-state index in [1.54, 1.807) is 4.68 Å². The standard InChI is InChI=1S/C15H18BrN5S2/c1-11(2)20(8-4-7-17)10-21-15(22)23-14(19-21)18-13-6-3-5-12(16)9-13/h3,5-6,9,11H,4,8,10H2,1-2H3,(H,18,19). The van der Waals surface area contributed by atoms with Crippen molar-refractivity contribution in [2.45, 2.75) is 33.0 Å². The highest BCUT2D eigenvalue weighted by atomic mass is 79.9. The zero-order valence-corrected chi connectivity index (χ0v) is 16.2. The first kappa shape index (κ1) is 18.1. The molecule has 0 spiro atoms. The summed E-state index contributed by atoms with van der Waals surface area (Å²) in [6.45, 7) is 5.51. The molecule has 122 valence electrons. The number of aromatic nitrogens is 2. The quantitative estimate of drug-likeness (QED) is 0.665. The van der Waals surface area contributed by atoms with Crippen LogP contribution in [0.5, 0.6) is 0 Å². The van der Waals surface area contributed by atoms with Crippen LogP contribution in [0.3, 0.4) is 0 Å². The molecule has 0 unspecified atom stereocenters. The summed E-state index contributed by atoms with van der Waals surface area (Å²) in [6, 6.07) is 10.4. The third-order valence-corrected chi connectivity index (χ3v) is 4.96.